The average molecular weight is 393 g/mol. The van der Waals surface area contributed by atoms with Gasteiger partial charge in [-0.25, -0.2) is 0 Å². The third kappa shape index (κ3) is 5.68. The van der Waals surface area contributed by atoms with Crippen LogP contribution in [0.2, 0.25) is 0 Å². The van der Waals surface area contributed by atoms with Crippen LogP contribution in [0.1, 0.15) is 41.6 Å². The van der Waals surface area contributed by atoms with Gasteiger partial charge in [0.05, 0.1) is 12.2 Å². The fourth-order valence-electron chi connectivity index (χ4n) is 4.15. The van der Waals surface area contributed by atoms with Gasteiger partial charge in [-0.15, -0.1) is 0 Å². The molecule has 1 aliphatic heterocycles. The van der Waals surface area contributed by atoms with Crippen molar-refractivity contribution < 1.29 is 9.53 Å². The number of carbonyl (C=O) groups excluding carboxylic acids is 1. The number of benzene rings is 2. The molecule has 1 amide bonds. The van der Waals surface area contributed by atoms with Crippen LogP contribution in [0.5, 0.6) is 0 Å². The van der Waals surface area contributed by atoms with Crippen LogP contribution in [0.15, 0.2) is 60.7 Å². The first-order chi connectivity index (χ1) is 14.2. The first-order valence-corrected chi connectivity index (χ1v) is 11.0. The molecule has 4 rings (SSSR count). The predicted molar refractivity (Wildman–Crippen MR) is 116 cm³/mol. The van der Waals surface area contributed by atoms with E-state index in [4.69, 9.17) is 4.74 Å². The van der Waals surface area contributed by atoms with Gasteiger partial charge in [0.25, 0.3) is 5.91 Å². The van der Waals surface area contributed by atoms with Gasteiger partial charge in [-0.1, -0.05) is 48.5 Å². The van der Waals surface area contributed by atoms with Crippen molar-refractivity contribution in [3.05, 3.63) is 71.8 Å². The molecular formula is C25H32N2O2. The molecular weight excluding hydrogens is 360 g/mol. The molecule has 1 heterocycles. The van der Waals surface area contributed by atoms with Gasteiger partial charge in [0.15, 0.2) is 0 Å². The van der Waals surface area contributed by atoms with Crippen molar-refractivity contribution in [2.45, 2.75) is 37.7 Å². The Labute approximate surface area is 174 Å². The van der Waals surface area contributed by atoms with Crippen molar-refractivity contribution in [2.75, 3.05) is 39.3 Å². The third-order valence-corrected chi connectivity index (χ3v) is 6.12. The van der Waals surface area contributed by atoms with Crippen molar-refractivity contribution in [1.82, 2.24) is 9.80 Å². The van der Waals surface area contributed by atoms with Gasteiger partial charge in [-0.05, 0) is 56.3 Å². The van der Waals surface area contributed by atoms with Gasteiger partial charge >= 0.3 is 0 Å². The Morgan fingerprint density at radius 3 is 2.31 bits per heavy atom. The van der Waals surface area contributed by atoms with E-state index >= 15 is 0 Å². The molecule has 0 radical (unpaired) electrons. The van der Waals surface area contributed by atoms with Gasteiger partial charge in [0.1, 0.15) is 0 Å². The molecule has 1 aliphatic carbocycles. The quantitative estimate of drug-likeness (QED) is 0.788. The Balaban J connectivity index is 1.37. The molecule has 4 heteroatoms. The van der Waals surface area contributed by atoms with Crippen molar-refractivity contribution in [3.63, 3.8) is 0 Å². The molecule has 0 atom stereocenters. The largest absolute Gasteiger partial charge is 0.372 e. The molecule has 1 saturated heterocycles. The highest BCUT2D eigenvalue weighted by Crippen LogP contribution is 2.40. The summed E-state index contributed by atoms with van der Waals surface area (Å²) in [6.45, 7) is 5.39. The van der Waals surface area contributed by atoms with Crippen LogP contribution in [0.3, 0.4) is 0 Å². The number of rotatable bonds is 4. The Hall–Kier alpha value is -2.17. The molecule has 0 unspecified atom stereocenters. The van der Waals surface area contributed by atoms with E-state index < -0.39 is 0 Å². The second-order valence-corrected chi connectivity index (χ2v) is 8.41. The Morgan fingerprint density at radius 2 is 1.59 bits per heavy atom. The molecule has 0 N–H and O–H groups in total. The molecule has 2 aromatic carbocycles. The number of ether oxygens (including phenoxy) is 1. The summed E-state index contributed by atoms with van der Waals surface area (Å²) in [5.74, 6) is 0.139. The van der Waals surface area contributed by atoms with E-state index in [1.165, 1.54) is 5.56 Å². The minimum absolute atomic E-state index is 0.111. The van der Waals surface area contributed by atoms with Crippen molar-refractivity contribution in [1.29, 1.82) is 0 Å². The lowest BCUT2D eigenvalue weighted by Gasteiger charge is -2.28. The van der Waals surface area contributed by atoms with Crippen LogP contribution in [-0.4, -0.2) is 60.6 Å². The highest BCUT2D eigenvalue weighted by Gasteiger charge is 2.46. The standard InChI is InChI=1S/C25H32N2O2/c28-24(23-11-5-2-6-12-23)27-17-8-7-16-26(18-13-22-9-3-1-4-10-22)19-20-29-25(21-27)14-15-25/h1-6,9-12H,7-8,13-21H2. The minimum atomic E-state index is -0.111. The van der Waals surface area contributed by atoms with E-state index in [0.717, 1.165) is 77.0 Å². The maximum Gasteiger partial charge on any atom is 0.253 e. The van der Waals surface area contributed by atoms with E-state index in [0.29, 0.717) is 0 Å². The first-order valence-electron chi connectivity index (χ1n) is 11.0. The highest BCUT2D eigenvalue weighted by molar-refractivity contribution is 5.94. The molecule has 2 fully saturated rings. The van der Waals surface area contributed by atoms with Crippen LogP contribution in [-0.2, 0) is 11.2 Å². The number of amides is 1. The minimum Gasteiger partial charge on any atom is -0.372 e. The molecule has 4 nitrogen and oxygen atoms in total. The normalized spacial score (nSPS) is 20.2. The fraction of sp³-hybridized carbons (Fsp3) is 0.480. The van der Waals surface area contributed by atoms with E-state index in [1.54, 1.807) is 0 Å². The van der Waals surface area contributed by atoms with Gasteiger partial charge in [0.2, 0.25) is 0 Å². The number of nitrogens with zero attached hydrogens (tertiary/aromatic N) is 2. The Kier molecular flexibility index (Phi) is 6.63. The average Bonchev–Trinajstić information content (AvgIpc) is 3.54. The van der Waals surface area contributed by atoms with E-state index in [-0.39, 0.29) is 11.5 Å². The fourth-order valence-corrected chi connectivity index (χ4v) is 4.15. The Bertz CT molecular complexity index is 774. The van der Waals surface area contributed by atoms with Gasteiger partial charge in [0, 0.05) is 31.7 Å². The molecule has 1 spiro atoms. The first kappa shape index (κ1) is 20.1. The molecule has 0 bridgehead atoms. The molecule has 2 aromatic rings. The van der Waals surface area contributed by atoms with Crippen molar-refractivity contribution in [3.8, 4) is 0 Å². The van der Waals surface area contributed by atoms with Crippen LogP contribution in [0, 0.1) is 0 Å². The van der Waals surface area contributed by atoms with Crippen molar-refractivity contribution in [2.24, 2.45) is 0 Å². The van der Waals surface area contributed by atoms with Gasteiger partial charge in [-0.2, -0.15) is 0 Å². The molecule has 0 aromatic heterocycles. The molecule has 29 heavy (non-hydrogen) atoms. The van der Waals surface area contributed by atoms with E-state index in [9.17, 15) is 4.79 Å². The maximum atomic E-state index is 13.0. The van der Waals surface area contributed by atoms with Gasteiger partial charge < -0.3 is 14.5 Å². The smallest absolute Gasteiger partial charge is 0.253 e. The zero-order valence-electron chi connectivity index (χ0n) is 17.3. The van der Waals surface area contributed by atoms with E-state index in [1.807, 2.05) is 35.2 Å². The zero-order valence-corrected chi connectivity index (χ0v) is 17.3. The SMILES string of the molecule is O=C(c1ccccc1)N1CCCCN(CCc2ccccc2)CCOC2(CC2)C1. The van der Waals surface area contributed by atoms with Gasteiger partial charge in [-0.3, -0.25) is 4.79 Å². The molecule has 154 valence electrons. The lowest BCUT2D eigenvalue weighted by Crippen LogP contribution is -2.40. The number of carbonyl (C=O) groups is 1. The summed E-state index contributed by atoms with van der Waals surface area (Å²) in [6, 6.07) is 20.4. The molecule has 2 aliphatic rings. The zero-order chi connectivity index (χ0) is 19.9. The lowest BCUT2D eigenvalue weighted by molar-refractivity contribution is 0.000732. The summed E-state index contributed by atoms with van der Waals surface area (Å²) >= 11 is 0. The van der Waals surface area contributed by atoms with Crippen molar-refractivity contribution >= 4 is 5.91 Å². The maximum absolute atomic E-state index is 13.0. The molecule has 1 saturated carbocycles. The number of hydrogen-bond donors (Lipinski definition) is 0. The number of hydrogen-bond acceptors (Lipinski definition) is 3. The third-order valence-electron chi connectivity index (χ3n) is 6.12. The summed E-state index contributed by atoms with van der Waals surface area (Å²) in [5.41, 5.74) is 2.06. The second kappa shape index (κ2) is 9.55. The van der Waals surface area contributed by atoms with Crippen LogP contribution >= 0.6 is 0 Å². The summed E-state index contributed by atoms with van der Waals surface area (Å²) in [5, 5.41) is 0. The van der Waals surface area contributed by atoms with E-state index in [2.05, 4.69) is 35.2 Å². The predicted octanol–water partition coefficient (Wildman–Crippen LogP) is 4.02. The Morgan fingerprint density at radius 1 is 0.897 bits per heavy atom. The second-order valence-electron chi connectivity index (χ2n) is 8.41. The van der Waals surface area contributed by atoms with Crippen LogP contribution in [0.4, 0.5) is 0 Å². The lowest BCUT2D eigenvalue weighted by atomic mass is 10.1. The summed E-state index contributed by atoms with van der Waals surface area (Å²) in [4.78, 5) is 17.6. The summed E-state index contributed by atoms with van der Waals surface area (Å²) in [6.07, 6.45) is 5.35. The van der Waals surface area contributed by atoms with Crippen LogP contribution < -0.4 is 0 Å². The van der Waals surface area contributed by atoms with Crippen LogP contribution in [0.25, 0.3) is 0 Å². The summed E-state index contributed by atoms with van der Waals surface area (Å²) < 4.78 is 6.34. The summed E-state index contributed by atoms with van der Waals surface area (Å²) in [7, 11) is 0. The topological polar surface area (TPSA) is 32.8 Å². The monoisotopic (exact) mass is 392 g/mol. The highest BCUT2D eigenvalue weighted by atomic mass is 16.5.